The van der Waals surface area contributed by atoms with Crippen LogP contribution in [-0.2, 0) is 0 Å². The molecule has 4 N–H and O–H groups in total. The molecule has 8 heteroatoms. The third-order valence-corrected chi connectivity index (χ3v) is 7.36. The first-order valence-electron chi connectivity index (χ1n) is 12.1. The van der Waals surface area contributed by atoms with Gasteiger partial charge in [-0.05, 0) is 57.6 Å². The molecule has 3 aliphatic rings. The minimum atomic E-state index is 0.150. The number of nitriles is 1. The number of piperidine rings is 1. The Balaban J connectivity index is 1.35. The summed E-state index contributed by atoms with van der Waals surface area (Å²) in [6.07, 6.45) is 9.34. The molecule has 3 aliphatic heterocycles. The van der Waals surface area contributed by atoms with Crippen molar-refractivity contribution >= 4 is 22.5 Å². The highest BCUT2D eigenvalue weighted by atomic mass is 15.5. The number of nitrogens with zero attached hydrogens (tertiary/aromatic N) is 4. The average molecular weight is 435 g/mol. The summed E-state index contributed by atoms with van der Waals surface area (Å²) in [7, 11) is 0. The van der Waals surface area contributed by atoms with Crippen molar-refractivity contribution in [2.75, 3.05) is 10.6 Å². The summed E-state index contributed by atoms with van der Waals surface area (Å²) in [6, 6.07) is 10.8. The molecule has 0 radical (unpaired) electrons. The molecule has 4 unspecified atom stereocenters. The summed E-state index contributed by atoms with van der Waals surface area (Å²) in [5, 5.41) is 17.6. The maximum atomic E-state index is 9.26. The van der Waals surface area contributed by atoms with Crippen molar-refractivity contribution in [3.8, 4) is 6.07 Å². The van der Waals surface area contributed by atoms with Crippen LogP contribution < -0.4 is 21.5 Å². The van der Waals surface area contributed by atoms with Crippen molar-refractivity contribution in [2.24, 2.45) is 0 Å². The van der Waals surface area contributed by atoms with Crippen molar-refractivity contribution in [1.29, 1.82) is 5.26 Å². The third kappa shape index (κ3) is 4.25. The monoisotopic (exact) mass is 434 g/mol. The Hall–Kier alpha value is -2.47. The smallest absolute Gasteiger partial charge is 0.138 e. The second-order valence-corrected chi connectivity index (χ2v) is 9.62. The van der Waals surface area contributed by atoms with Crippen LogP contribution in [0.25, 0.3) is 10.9 Å². The lowest BCUT2D eigenvalue weighted by Crippen LogP contribution is -2.51. The molecule has 0 aromatic carbocycles. The largest absolute Gasteiger partial charge is 0.367 e. The van der Waals surface area contributed by atoms with E-state index in [4.69, 9.17) is 4.98 Å². The van der Waals surface area contributed by atoms with E-state index in [2.05, 4.69) is 57.4 Å². The molecule has 170 valence electrons. The zero-order valence-electron chi connectivity index (χ0n) is 19.0. The predicted octanol–water partition coefficient (Wildman–Crippen LogP) is 3.35. The minimum Gasteiger partial charge on any atom is -0.367 e. The van der Waals surface area contributed by atoms with Crippen molar-refractivity contribution in [3.63, 3.8) is 0 Å². The van der Waals surface area contributed by atoms with Crippen LogP contribution >= 0.6 is 0 Å². The molecule has 3 fully saturated rings. The molecule has 5 rings (SSSR count). The first-order valence-corrected chi connectivity index (χ1v) is 12.1. The molecule has 0 amide bonds. The molecule has 2 aromatic heterocycles. The number of nitrogens with one attached hydrogen (secondary N) is 4. The van der Waals surface area contributed by atoms with Crippen LogP contribution in [0.3, 0.4) is 0 Å². The van der Waals surface area contributed by atoms with Gasteiger partial charge in [-0.2, -0.15) is 5.26 Å². The summed E-state index contributed by atoms with van der Waals surface area (Å²) < 4.78 is 0. The van der Waals surface area contributed by atoms with Gasteiger partial charge in [0.25, 0.3) is 0 Å². The Bertz CT molecular complexity index is 974. The number of pyridine rings is 2. The van der Waals surface area contributed by atoms with E-state index in [9.17, 15) is 5.26 Å². The van der Waals surface area contributed by atoms with Gasteiger partial charge in [-0.1, -0.05) is 6.92 Å². The number of rotatable bonds is 7. The van der Waals surface area contributed by atoms with Gasteiger partial charge in [0.2, 0.25) is 0 Å². The van der Waals surface area contributed by atoms with Gasteiger partial charge < -0.3 is 10.6 Å². The van der Waals surface area contributed by atoms with E-state index < -0.39 is 0 Å². The lowest BCUT2D eigenvalue weighted by atomic mass is 9.93. The molecule has 2 aromatic rings. The third-order valence-electron chi connectivity index (χ3n) is 7.36. The van der Waals surface area contributed by atoms with E-state index in [1.54, 1.807) is 0 Å². The van der Waals surface area contributed by atoms with E-state index in [-0.39, 0.29) is 6.17 Å². The summed E-state index contributed by atoms with van der Waals surface area (Å²) in [5.41, 5.74) is 7.49. The fourth-order valence-corrected chi connectivity index (χ4v) is 5.93. The van der Waals surface area contributed by atoms with Gasteiger partial charge in [0, 0.05) is 47.9 Å². The molecule has 0 aliphatic carbocycles. The number of fused-ring (bicyclic) bond motifs is 3. The number of anilines is 2. The van der Waals surface area contributed by atoms with Crippen LogP contribution in [0.2, 0.25) is 0 Å². The second kappa shape index (κ2) is 9.18. The van der Waals surface area contributed by atoms with Gasteiger partial charge in [0.05, 0.1) is 24.2 Å². The summed E-state index contributed by atoms with van der Waals surface area (Å²) >= 11 is 0. The molecular formula is C24H34N8. The Labute approximate surface area is 190 Å². The SMILES string of the molecule is CCC(CC#N)N1[C@@H]2CC[C@H]1CC(Nc1nc(NC3CC(C)NN3)cc3ncccc13)C2. The van der Waals surface area contributed by atoms with Gasteiger partial charge >= 0.3 is 0 Å². The van der Waals surface area contributed by atoms with Crippen molar-refractivity contribution < 1.29 is 0 Å². The number of hydrazine groups is 1. The van der Waals surface area contributed by atoms with E-state index in [1.807, 2.05) is 18.3 Å². The summed E-state index contributed by atoms with van der Waals surface area (Å²) in [6.45, 7) is 4.38. The van der Waals surface area contributed by atoms with Gasteiger partial charge in [0.1, 0.15) is 11.6 Å². The highest BCUT2D eigenvalue weighted by molar-refractivity contribution is 5.91. The van der Waals surface area contributed by atoms with E-state index in [0.29, 0.717) is 36.6 Å². The fourth-order valence-electron chi connectivity index (χ4n) is 5.93. The number of aromatic nitrogens is 2. The molecule has 0 spiro atoms. The van der Waals surface area contributed by atoms with E-state index in [0.717, 1.165) is 48.2 Å². The topological polar surface area (TPSA) is 101 Å². The maximum absolute atomic E-state index is 9.26. The molecule has 5 heterocycles. The van der Waals surface area contributed by atoms with Gasteiger partial charge in [-0.15, -0.1) is 0 Å². The normalized spacial score (nSPS) is 30.8. The van der Waals surface area contributed by atoms with Crippen LogP contribution in [-0.4, -0.2) is 51.2 Å². The van der Waals surface area contributed by atoms with Crippen molar-refractivity contribution in [1.82, 2.24) is 25.7 Å². The van der Waals surface area contributed by atoms with Crippen LogP contribution in [0.5, 0.6) is 0 Å². The number of hydrogen-bond donors (Lipinski definition) is 4. The maximum Gasteiger partial charge on any atom is 0.138 e. The Morgan fingerprint density at radius 3 is 2.72 bits per heavy atom. The van der Waals surface area contributed by atoms with Crippen LogP contribution in [0.4, 0.5) is 11.6 Å². The lowest BCUT2D eigenvalue weighted by Gasteiger charge is -2.43. The van der Waals surface area contributed by atoms with Crippen LogP contribution in [0.1, 0.15) is 58.8 Å². The molecule has 6 atom stereocenters. The molecule has 2 bridgehead atoms. The predicted molar refractivity (Wildman–Crippen MR) is 127 cm³/mol. The Kier molecular flexibility index (Phi) is 6.13. The first kappa shape index (κ1) is 21.4. The summed E-state index contributed by atoms with van der Waals surface area (Å²) in [5.74, 6) is 1.76. The van der Waals surface area contributed by atoms with Crippen molar-refractivity contribution in [2.45, 2.75) is 95.2 Å². The van der Waals surface area contributed by atoms with Crippen molar-refractivity contribution in [3.05, 3.63) is 24.4 Å². The molecule has 8 nitrogen and oxygen atoms in total. The minimum absolute atomic E-state index is 0.150. The van der Waals surface area contributed by atoms with Crippen LogP contribution in [0, 0.1) is 11.3 Å². The second-order valence-electron chi connectivity index (χ2n) is 9.62. The zero-order chi connectivity index (χ0) is 22.1. The number of hydrogen-bond acceptors (Lipinski definition) is 8. The Morgan fingerprint density at radius 1 is 1.22 bits per heavy atom. The highest BCUT2D eigenvalue weighted by Gasteiger charge is 2.43. The summed E-state index contributed by atoms with van der Waals surface area (Å²) in [4.78, 5) is 12.2. The van der Waals surface area contributed by atoms with Gasteiger partial charge in [-0.3, -0.25) is 15.3 Å². The molecule has 3 saturated heterocycles. The average Bonchev–Trinajstić information content (AvgIpc) is 3.31. The zero-order valence-corrected chi connectivity index (χ0v) is 19.0. The molecule has 0 saturated carbocycles. The van der Waals surface area contributed by atoms with E-state index >= 15 is 0 Å². The highest BCUT2D eigenvalue weighted by Crippen LogP contribution is 2.40. The van der Waals surface area contributed by atoms with Gasteiger partial charge in [0.15, 0.2) is 0 Å². The van der Waals surface area contributed by atoms with Gasteiger partial charge in [-0.25, -0.2) is 10.4 Å². The fraction of sp³-hybridized carbons (Fsp3) is 0.625. The quantitative estimate of drug-likeness (QED) is 0.526. The lowest BCUT2D eigenvalue weighted by molar-refractivity contribution is 0.0803. The molecular weight excluding hydrogens is 400 g/mol. The first-order chi connectivity index (χ1) is 15.6. The Morgan fingerprint density at radius 2 is 2.03 bits per heavy atom. The van der Waals surface area contributed by atoms with Crippen LogP contribution in [0.15, 0.2) is 24.4 Å². The van der Waals surface area contributed by atoms with E-state index in [1.165, 1.54) is 12.8 Å². The molecule has 32 heavy (non-hydrogen) atoms. The standard InChI is InChI=1S/C24H34N8/c1-3-17(8-9-25)32-18-6-7-19(32)13-16(12-18)27-24-20-5-4-10-26-21(20)14-22(29-24)28-23-11-15(2)30-31-23/h4-5,10,14-19,23,30-31H,3,6-8,11-13H2,1-2H3,(H2,27,28,29)/t15?,16?,17?,18-,19+,23?.